The van der Waals surface area contributed by atoms with Crippen molar-refractivity contribution in [2.75, 3.05) is 7.11 Å². The second-order valence-electron chi connectivity index (χ2n) is 7.75. The molecule has 0 fully saturated rings. The Morgan fingerprint density at radius 2 is 1.58 bits per heavy atom. The Labute approximate surface area is 182 Å². The summed E-state index contributed by atoms with van der Waals surface area (Å²) in [4.78, 5) is 7.10. The first-order chi connectivity index (χ1) is 15.2. The average molecular weight is 412 g/mol. The molecule has 5 rings (SSSR count). The van der Waals surface area contributed by atoms with Crippen molar-refractivity contribution in [2.45, 2.75) is 25.0 Å². The first kappa shape index (κ1) is 19.2. The number of guanidine groups is 2. The van der Waals surface area contributed by atoms with Gasteiger partial charge in [0.1, 0.15) is 5.75 Å². The van der Waals surface area contributed by atoms with Gasteiger partial charge in [0, 0.05) is 6.42 Å². The maximum absolute atomic E-state index is 6.39. The lowest BCUT2D eigenvalue weighted by Gasteiger charge is -2.35. The quantitative estimate of drug-likeness (QED) is 0.680. The number of aliphatic imine (C=N–C) groups is 1. The summed E-state index contributed by atoms with van der Waals surface area (Å²) in [7, 11) is 1.68. The number of hydrogen-bond acceptors (Lipinski definition) is 6. The summed E-state index contributed by atoms with van der Waals surface area (Å²) in [5.41, 5.74) is 9.90. The lowest BCUT2D eigenvalue weighted by molar-refractivity contribution is 0.265. The Kier molecular flexibility index (Phi) is 5.04. The van der Waals surface area contributed by atoms with Gasteiger partial charge < -0.3 is 10.5 Å². The van der Waals surface area contributed by atoms with Crippen LogP contribution in [0.4, 0.5) is 0 Å². The van der Waals surface area contributed by atoms with Crippen LogP contribution in [0.25, 0.3) is 0 Å². The molecule has 156 valence electrons. The minimum Gasteiger partial charge on any atom is -0.497 e. The van der Waals surface area contributed by atoms with Crippen LogP contribution in [0.3, 0.4) is 0 Å². The summed E-state index contributed by atoms with van der Waals surface area (Å²) in [6, 6.07) is 28.9. The number of hydrogen-bond donors (Lipinski definition) is 1. The normalized spacial score (nSPS) is 20.2. The zero-order chi connectivity index (χ0) is 21.2. The fourth-order valence-electron chi connectivity index (χ4n) is 4.18. The molecule has 2 aliphatic rings. The smallest absolute Gasteiger partial charge is 0.226 e. The monoisotopic (exact) mass is 411 g/mol. The van der Waals surface area contributed by atoms with Crippen LogP contribution in [0.2, 0.25) is 0 Å². The number of methoxy groups -OCH3 is 1. The highest BCUT2D eigenvalue weighted by atomic mass is 16.5. The van der Waals surface area contributed by atoms with Crippen molar-refractivity contribution < 1.29 is 4.74 Å². The summed E-state index contributed by atoms with van der Waals surface area (Å²) in [5, 5.41) is 6.68. The minimum atomic E-state index is 0.0268. The molecule has 0 amide bonds. The largest absolute Gasteiger partial charge is 0.497 e. The molecular formula is C25H25N5O. The van der Waals surface area contributed by atoms with E-state index >= 15 is 0 Å². The third-order valence-electron chi connectivity index (χ3n) is 5.81. The molecule has 2 atom stereocenters. The Bertz CT molecular complexity index is 1100. The van der Waals surface area contributed by atoms with Crippen molar-refractivity contribution in [3.05, 3.63) is 102 Å². The molecule has 0 aromatic heterocycles. The van der Waals surface area contributed by atoms with E-state index in [9.17, 15) is 0 Å². The fraction of sp³-hybridized carbons (Fsp3) is 0.200. The standard InChI is InChI=1S/C25H25N5O/c1-31-21-14-12-20(13-15-21)23-16-22(19-10-6-3-7-11-19)27-25-29(24(26)28-30(23)25)17-18-8-4-2-5-9-18/h2-15,22-23H,16-17H2,1H3,(H2,26,28). The molecule has 0 saturated heterocycles. The number of benzene rings is 3. The molecule has 6 nitrogen and oxygen atoms in total. The van der Waals surface area contributed by atoms with Crippen LogP contribution in [0.1, 0.15) is 35.2 Å². The van der Waals surface area contributed by atoms with Gasteiger partial charge in [-0.1, -0.05) is 72.8 Å². The van der Waals surface area contributed by atoms with Gasteiger partial charge in [0.2, 0.25) is 11.9 Å². The van der Waals surface area contributed by atoms with Gasteiger partial charge in [-0.25, -0.2) is 10.0 Å². The van der Waals surface area contributed by atoms with Crippen LogP contribution in [-0.4, -0.2) is 28.9 Å². The van der Waals surface area contributed by atoms with E-state index in [0.717, 1.165) is 29.3 Å². The van der Waals surface area contributed by atoms with Gasteiger partial charge in [-0.15, -0.1) is 5.10 Å². The summed E-state index contributed by atoms with van der Waals surface area (Å²) >= 11 is 0. The zero-order valence-electron chi connectivity index (χ0n) is 17.4. The number of ether oxygens (including phenoxy) is 1. The maximum atomic E-state index is 6.39. The average Bonchev–Trinajstić information content (AvgIpc) is 3.14. The highest BCUT2D eigenvalue weighted by Gasteiger charge is 2.40. The third kappa shape index (κ3) is 3.72. The zero-order valence-corrected chi connectivity index (χ0v) is 17.4. The molecule has 2 heterocycles. The highest BCUT2D eigenvalue weighted by molar-refractivity contribution is 6.02. The molecule has 0 aliphatic carbocycles. The predicted molar refractivity (Wildman–Crippen MR) is 122 cm³/mol. The Morgan fingerprint density at radius 3 is 2.26 bits per heavy atom. The second kappa shape index (κ2) is 8.14. The summed E-state index contributed by atoms with van der Waals surface area (Å²) in [6.45, 7) is 0.627. The first-order valence-electron chi connectivity index (χ1n) is 10.4. The predicted octanol–water partition coefficient (Wildman–Crippen LogP) is 4.28. The van der Waals surface area contributed by atoms with Gasteiger partial charge in [-0.05, 0) is 28.8 Å². The summed E-state index contributed by atoms with van der Waals surface area (Å²) in [6.07, 6.45) is 0.815. The Morgan fingerprint density at radius 1 is 0.903 bits per heavy atom. The van der Waals surface area contributed by atoms with Crippen molar-refractivity contribution in [1.29, 1.82) is 0 Å². The van der Waals surface area contributed by atoms with Gasteiger partial charge in [0.05, 0.1) is 25.7 Å². The number of nitrogens with zero attached hydrogens (tertiary/aromatic N) is 4. The second-order valence-corrected chi connectivity index (χ2v) is 7.75. The van der Waals surface area contributed by atoms with Crippen LogP contribution in [0, 0.1) is 0 Å². The first-order valence-corrected chi connectivity index (χ1v) is 10.4. The molecule has 0 saturated carbocycles. The van der Waals surface area contributed by atoms with E-state index in [1.165, 1.54) is 5.56 Å². The van der Waals surface area contributed by atoms with Gasteiger partial charge in [0.25, 0.3) is 0 Å². The molecule has 0 radical (unpaired) electrons. The van der Waals surface area contributed by atoms with Crippen molar-refractivity contribution >= 4 is 11.9 Å². The third-order valence-corrected chi connectivity index (χ3v) is 5.81. The van der Waals surface area contributed by atoms with Gasteiger partial charge in [-0.2, -0.15) is 0 Å². The Balaban J connectivity index is 1.53. The topological polar surface area (TPSA) is 66.4 Å². The molecule has 3 aromatic carbocycles. The van der Waals surface area contributed by atoms with Crippen LogP contribution >= 0.6 is 0 Å². The summed E-state index contributed by atoms with van der Waals surface area (Å²) < 4.78 is 5.34. The lowest BCUT2D eigenvalue weighted by Crippen LogP contribution is -2.43. The van der Waals surface area contributed by atoms with Gasteiger partial charge in [-0.3, -0.25) is 4.90 Å². The molecule has 2 aliphatic heterocycles. The van der Waals surface area contributed by atoms with Crippen molar-refractivity contribution in [3.8, 4) is 5.75 Å². The molecule has 6 heteroatoms. The van der Waals surface area contributed by atoms with Gasteiger partial charge in [0.15, 0.2) is 0 Å². The van der Waals surface area contributed by atoms with E-state index in [2.05, 4.69) is 48.5 Å². The van der Waals surface area contributed by atoms with Crippen molar-refractivity contribution in [3.63, 3.8) is 0 Å². The molecule has 3 aromatic rings. The molecule has 2 unspecified atom stereocenters. The van der Waals surface area contributed by atoms with E-state index in [0.29, 0.717) is 12.5 Å². The van der Waals surface area contributed by atoms with Crippen LogP contribution in [0.5, 0.6) is 5.75 Å². The molecule has 31 heavy (non-hydrogen) atoms. The van der Waals surface area contributed by atoms with E-state index < -0.39 is 0 Å². The molecular weight excluding hydrogens is 386 g/mol. The highest BCUT2D eigenvalue weighted by Crippen LogP contribution is 2.40. The van der Waals surface area contributed by atoms with Crippen molar-refractivity contribution in [1.82, 2.24) is 9.91 Å². The van der Waals surface area contributed by atoms with Crippen LogP contribution < -0.4 is 10.5 Å². The lowest BCUT2D eigenvalue weighted by atomic mass is 9.93. The molecule has 0 spiro atoms. The van der Waals surface area contributed by atoms with E-state index in [1.54, 1.807) is 7.11 Å². The van der Waals surface area contributed by atoms with E-state index in [1.807, 2.05) is 46.3 Å². The molecule has 0 bridgehead atoms. The number of rotatable bonds is 5. The van der Waals surface area contributed by atoms with E-state index in [4.69, 9.17) is 20.6 Å². The minimum absolute atomic E-state index is 0.0268. The summed E-state index contributed by atoms with van der Waals surface area (Å²) in [5.74, 6) is 2.10. The van der Waals surface area contributed by atoms with Crippen LogP contribution in [0.15, 0.2) is 95.0 Å². The number of hydrazone groups is 1. The van der Waals surface area contributed by atoms with Crippen molar-refractivity contribution in [2.24, 2.45) is 15.8 Å². The fourth-order valence-corrected chi connectivity index (χ4v) is 4.18. The SMILES string of the molecule is COc1ccc(C2CC(c3ccccc3)N=C3N(Cc4ccccc4)C(N)=NN32)cc1. The van der Waals surface area contributed by atoms with Gasteiger partial charge >= 0.3 is 0 Å². The van der Waals surface area contributed by atoms with E-state index in [-0.39, 0.29) is 12.1 Å². The number of fused-ring (bicyclic) bond motifs is 1. The number of nitrogens with two attached hydrogens (primary N) is 1. The molecule has 2 N–H and O–H groups in total. The Hall–Kier alpha value is -3.80. The maximum Gasteiger partial charge on any atom is 0.226 e. The van der Waals surface area contributed by atoms with Crippen LogP contribution in [-0.2, 0) is 6.54 Å².